The van der Waals surface area contributed by atoms with Gasteiger partial charge < -0.3 is 16.3 Å². The normalized spacial score (nSPS) is 29.8. The summed E-state index contributed by atoms with van der Waals surface area (Å²) in [5.74, 6) is 0.126. The molecule has 0 heterocycles. The molecular formula is C7H13N3O. The van der Waals surface area contributed by atoms with E-state index in [1.165, 1.54) is 0 Å². The predicted octanol–water partition coefficient (Wildman–Crippen LogP) is -0.373. The number of hydrogen-bond acceptors (Lipinski definition) is 2. The predicted molar refractivity (Wildman–Crippen MR) is 43.0 cm³/mol. The second kappa shape index (κ2) is 3.37. The molecule has 1 aliphatic rings. The minimum atomic E-state index is 0.0390. The SMILES string of the molecule is NC(N)=N[C@H]1CCC[C@@H]1C=O. The van der Waals surface area contributed by atoms with Crippen LogP contribution in [0.3, 0.4) is 0 Å². The summed E-state index contributed by atoms with van der Waals surface area (Å²) in [5.41, 5.74) is 10.4. The van der Waals surface area contributed by atoms with Crippen LogP contribution in [0.5, 0.6) is 0 Å². The Morgan fingerprint density at radius 2 is 2.18 bits per heavy atom. The van der Waals surface area contributed by atoms with Crippen LogP contribution >= 0.6 is 0 Å². The highest BCUT2D eigenvalue weighted by atomic mass is 16.1. The van der Waals surface area contributed by atoms with Crippen molar-refractivity contribution in [1.29, 1.82) is 0 Å². The van der Waals surface area contributed by atoms with E-state index in [1.54, 1.807) is 0 Å². The number of guanidine groups is 1. The van der Waals surface area contributed by atoms with Gasteiger partial charge in [-0.1, -0.05) is 6.42 Å². The maximum absolute atomic E-state index is 10.4. The quantitative estimate of drug-likeness (QED) is 0.324. The molecule has 1 rings (SSSR count). The molecule has 11 heavy (non-hydrogen) atoms. The lowest BCUT2D eigenvalue weighted by atomic mass is 10.1. The highest BCUT2D eigenvalue weighted by molar-refractivity contribution is 5.76. The highest BCUT2D eigenvalue weighted by Gasteiger charge is 2.26. The summed E-state index contributed by atoms with van der Waals surface area (Å²) in [7, 11) is 0. The molecule has 0 amide bonds. The van der Waals surface area contributed by atoms with Gasteiger partial charge >= 0.3 is 0 Å². The van der Waals surface area contributed by atoms with Gasteiger partial charge in [-0.3, -0.25) is 0 Å². The first-order valence-corrected chi connectivity index (χ1v) is 3.78. The molecule has 0 saturated heterocycles. The third-order valence-electron chi connectivity index (χ3n) is 2.02. The van der Waals surface area contributed by atoms with Crippen molar-refractivity contribution in [1.82, 2.24) is 0 Å². The Hall–Kier alpha value is -1.06. The molecule has 0 bridgehead atoms. The summed E-state index contributed by atoms with van der Waals surface area (Å²) in [4.78, 5) is 14.4. The molecule has 0 aromatic rings. The molecule has 0 radical (unpaired) electrons. The van der Waals surface area contributed by atoms with Gasteiger partial charge in [-0.05, 0) is 12.8 Å². The molecule has 4 heteroatoms. The summed E-state index contributed by atoms with van der Waals surface area (Å²) in [6.45, 7) is 0. The van der Waals surface area contributed by atoms with Crippen molar-refractivity contribution in [2.45, 2.75) is 25.3 Å². The van der Waals surface area contributed by atoms with Gasteiger partial charge in [0.25, 0.3) is 0 Å². The summed E-state index contributed by atoms with van der Waals surface area (Å²) < 4.78 is 0. The minimum absolute atomic E-state index is 0.0390. The zero-order valence-electron chi connectivity index (χ0n) is 6.36. The van der Waals surface area contributed by atoms with Gasteiger partial charge in [0.2, 0.25) is 0 Å². The molecule has 4 nitrogen and oxygen atoms in total. The monoisotopic (exact) mass is 155 g/mol. The molecule has 0 aromatic carbocycles. The average molecular weight is 155 g/mol. The minimum Gasteiger partial charge on any atom is -0.370 e. The highest BCUT2D eigenvalue weighted by Crippen LogP contribution is 2.26. The topological polar surface area (TPSA) is 81.5 Å². The van der Waals surface area contributed by atoms with E-state index >= 15 is 0 Å². The average Bonchev–Trinajstić information content (AvgIpc) is 2.34. The van der Waals surface area contributed by atoms with Crippen molar-refractivity contribution in [3.05, 3.63) is 0 Å². The number of nitrogens with two attached hydrogens (primary N) is 2. The maximum atomic E-state index is 10.4. The van der Waals surface area contributed by atoms with Gasteiger partial charge in [0.15, 0.2) is 5.96 Å². The Kier molecular flexibility index (Phi) is 2.46. The van der Waals surface area contributed by atoms with Gasteiger partial charge in [-0.25, -0.2) is 4.99 Å². The van der Waals surface area contributed by atoms with Crippen LogP contribution in [0.15, 0.2) is 4.99 Å². The lowest BCUT2D eigenvalue weighted by molar-refractivity contribution is -0.111. The number of hydrogen-bond donors (Lipinski definition) is 2. The molecule has 0 aromatic heterocycles. The second-order valence-electron chi connectivity index (χ2n) is 2.85. The maximum Gasteiger partial charge on any atom is 0.186 e. The third kappa shape index (κ3) is 1.93. The van der Waals surface area contributed by atoms with Gasteiger partial charge in [0.1, 0.15) is 6.29 Å². The Labute approximate surface area is 65.7 Å². The molecule has 1 saturated carbocycles. The largest absolute Gasteiger partial charge is 0.370 e. The van der Waals surface area contributed by atoms with E-state index in [1.807, 2.05) is 0 Å². The summed E-state index contributed by atoms with van der Waals surface area (Å²) >= 11 is 0. The Morgan fingerprint density at radius 3 is 2.73 bits per heavy atom. The molecule has 0 unspecified atom stereocenters. The van der Waals surface area contributed by atoms with Crippen molar-refractivity contribution in [2.24, 2.45) is 22.4 Å². The van der Waals surface area contributed by atoms with Crippen LogP contribution in [-0.4, -0.2) is 18.3 Å². The third-order valence-corrected chi connectivity index (χ3v) is 2.02. The number of aliphatic imine (C=N–C) groups is 1. The van der Waals surface area contributed by atoms with E-state index in [9.17, 15) is 4.79 Å². The zero-order valence-corrected chi connectivity index (χ0v) is 6.36. The molecule has 1 aliphatic carbocycles. The smallest absolute Gasteiger partial charge is 0.186 e. The standard InChI is InChI=1S/C7H13N3O/c8-7(9)10-6-3-1-2-5(6)4-11/h4-6H,1-3H2,(H4,8,9,10)/t5-,6+/m1/s1. The second-order valence-corrected chi connectivity index (χ2v) is 2.85. The molecule has 4 N–H and O–H groups in total. The van der Waals surface area contributed by atoms with Gasteiger partial charge in [0, 0.05) is 5.92 Å². The van der Waals surface area contributed by atoms with Gasteiger partial charge in [-0.15, -0.1) is 0 Å². The zero-order chi connectivity index (χ0) is 8.27. The van der Waals surface area contributed by atoms with Gasteiger partial charge in [-0.2, -0.15) is 0 Å². The van der Waals surface area contributed by atoms with Crippen LogP contribution in [0.1, 0.15) is 19.3 Å². The van der Waals surface area contributed by atoms with Gasteiger partial charge in [0.05, 0.1) is 6.04 Å². The first kappa shape index (κ1) is 8.04. The van der Waals surface area contributed by atoms with Crippen LogP contribution in [0.2, 0.25) is 0 Å². The molecule has 2 atom stereocenters. The fraction of sp³-hybridized carbons (Fsp3) is 0.714. The molecular weight excluding hydrogens is 142 g/mol. The Balaban J connectivity index is 2.57. The lowest BCUT2D eigenvalue weighted by Crippen LogP contribution is -2.27. The number of aldehydes is 1. The van der Waals surface area contributed by atoms with Crippen molar-refractivity contribution in [3.63, 3.8) is 0 Å². The van der Waals surface area contributed by atoms with Crippen molar-refractivity contribution in [2.75, 3.05) is 0 Å². The molecule has 62 valence electrons. The fourth-order valence-corrected chi connectivity index (χ4v) is 1.48. The van der Waals surface area contributed by atoms with E-state index in [2.05, 4.69) is 4.99 Å². The van der Waals surface area contributed by atoms with Crippen LogP contribution < -0.4 is 11.5 Å². The first-order chi connectivity index (χ1) is 5.24. The first-order valence-electron chi connectivity index (χ1n) is 3.78. The Morgan fingerprint density at radius 1 is 1.45 bits per heavy atom. The number of nitrogens with zero attached hydrogens (tertiary/aromatic N) is 1. The summed E-state index contributed by atoms with van der Waals surface area (Å²) in [5, 5.41) is 0. The van der Waals surface area contributed by atoms with E-state index in [0.717, 1.165) is 25.5 Å². The van der Waals surface area contributed by atoms with E-state index in [-0.39, 0.29) is 17.9 Å². The van der Waals surface area contributed by atoms with E-state index < -0.39 is 0 Å². The van der Waals surface area contributed by atoms with Crippen molar-refractivity contribution < 1.29 is 4.79 Å². The van der Waals surface area contributed by atoms with Crippen LogP contribution in [0.25, 0.3) is 0 Å². The van der Waals surface area contributed by atoms with E-state index in [4.69, 9.17) is 11.5 Å². The fourth-order valence-electron chi connectivity index (χ4n) is 1.48. The summed E-state index contributed by atoms with van der Waals surface area (Å²) in [6.07, 6.45) is 3.85. The van der Waals surface area contributed by atoms with E-state index in [0.29, 0.717) is 0 Å². The van der Waals surface area contributed by atoms with Crippen molar-refractivity contribution in [3.8, 4) is 0 Å². The van der Waals surface area contributed by atoms with Crippen molar-refractivity contribution >= 4 is 12.2 Å². The van der Waals surface area contributed by atoms with Crippen LogP contribution in [0.4, 0.5) is 0 Å². The summed E-state index contributed by atoms with van der Waals surface area (Å²) in [6, 6.07) is 0.0394. The van der Waals surface area contributed by atoms with Crippen LogP contribution in [-0.2, 0) is 4.79 Å². The number of carbonyl (C=O) groups is 1. The number of rotatable bonds is 2. The molecule has 0 spiro atoms. The Bertz CT molecular complexity index is 175. The lowest BCUT2D eigenvalue weighted by Gasteiger charge is -2.07. The molecule has 0 aliphatic heterocycles. The molecule has 1 fully saturated rings. The van der Waals surface area contributed by atoms with Crippen LogP contribution in [0, 0.1) is 5.92 Å². The number of carbonyl (C=O) groups excluding carboxylic acids is 1.